The Morgan fingerprint density at radius 3 is 1.77 bits per heavy atom. The number of hydrogen-bond donors (Lipinski definition) is 3. The fraction of sp³-hybridized carbons (Fsp3) is 0. The average Bonchev–Trinajstić information content (AvgIpc) is 3.75. The van der Waals surface area contributed by atoms with Crippen LogP contribution in [0.5, 0.6) is 0 Å². The largest absolute Gasteiger partial charge is 0.395 e. The van der Waals surface area contributed by atoms with Crippen molar-refractivity contribution in [1.82, 2.24) is 19.9 Å². The topological polar surface area (TPSA) is 83.4 Å². The summed E-state index contributed by atoms with van der Waals surface area (Å²) in [5, 5.41) is 0. The molecule has 2 aromatic carbocycles. The summed E-state index contributed by atoms with van der Waals surface area (Å²) in [6.45, 7) is 0. The molecule has 39 heavy (non-hydrogen) atoms. The van der Waals surface area contributed by atoms with Crippen LogP contribution in [-0.4, -0.2) is 19.9 Å². The Morgan fingerprint density at radius 1 is 0.538 bits per heavy atom. The first-order valence-electron chi connectivity index (χ1n) is 12.4. The monoisotopic (exact) mass is 633 g/mol. The van der Waals surface area contributed by atoms with Crippen molar-refractivity contribution in [3.05, 3.63) is 111 Å². The number of nitrogen functional groups attached to an aromatic ring is 1. The van der Waals surface area contributed by atoms with Crippen LogP contribution >= 0.6 is 31.9 Å². The van der Waals surface area contributed by atoms with Crippen LogP contribution in [0.25, 0.3) is 68.6 Å². The lowest BCUT2D eigenvalue weighted by atomic mass is 10.0. The van der Waals surface area contributed by atoms with Crippen LogP contribution in [-0.2, 0) is 0 Å². The average molecular weight is 635 g/mol. The number of aromatic nitrogens is 4. The highest BCUT2D eigenvalue weighted by molar-refractivity contribution is 9.10. The molecule has 7 heteroatoms. The van der Waals surface area contributed by atoms with Crippen molar-refractivity contribution in [1.29, 1.82) is 0 Å². The summed E-state index contributed by atoms with van der Waals surface area (Å²) < 4.78 is 2.04. The van der Waals surface area contributed by atoms with E-state index in [1.54, 1.807) is 0 Å². The molecule has 3 aromatic heterocycles. The van der Waals surface area contributed by atoms with Gasteiger partial charge in [-0.25, -0.2) is 9.97 Å². The Kier molecular flexibility index (Phi) is 5.83. The molecule has 0 atom stereocenters. The number of rotatable bonds is 2. The Morgan fingerprint density at radius 2 is 1.08 bits per heavy atom. The van der Waals surface area contributed by atoms with Gasteiger partial charge in [-0.1, -0.05) is 56.1 Å². The van der Waals surface area contributed by atoms with Crippen molar-refractivity contribution in [3.8, 4) is 22.3 Å². The summed E-state index contributed by atoms with van der Waals surface area (Å²) in [5.41, 5.74) is 18.4. The van der Waals surface area contributed by atoms with E-state index in [1.807, 2.05) is 48.6 Å². The fourth-order valence-electron chi connectivity index (χ4n) is 5.00. The Labute approximate surface area is 241 Å². The zero-order chi connectivity index (χ0) is 26.5. The molecule has 2 aliphatic heterocycles. The van der Waals surface area contributed by atoms with Gasteiger partial charge in [-0.2, -0.15) is 0 Å². The number of halogens is 2. The number of nitrogens with zero attached hydrogens (tertiary/aromatic N) is 2. The van der Waals surface area contributed by atoms with E-state index in [9.17, 15) is 0 Å². The minimum absolute atomic E-state index is 0.585. The van der Waals surface area contributed by atoms with Crippen LogP contribution in [0.15, 0.2) is 87.8 Å². The van der Waals surface area contributed by atoms with Crippen molar-refractivity contribution < 1.29 is 0 Å². The van der Waals surface area contributed by atoms with Crippen LogP contribution in [0.3, 0.4) is 0 Å². The maximum Gasteiger partial charge on any atom is 0.0888 e. The quantitative estimate of drug-likeness (QED) is 0.177. The van der Waals surface area contributed by atoms with Crippen LogP contribution in [0.4, 0.5) is 5.69 Å². The molecular formula is C32H21Br2N5. The fourth-order valence-corrected chi connectivity index (χ4v) is 5.53. The summed E-state index contributed by atoms with van der Waals surface area (Å²) in [5.74, 6) is 0. The Balaban J connectivity index is 1.59. The van der Waals surface area contributed by atoms with Gasteiger partial charge in [0.2, 0.25) is 0 Å². The summed E-state index contributed by atoms with van der Waals surface area (Å²) in [7, 11) is 0. The molecule has 2 aliphatic rings. The van der Waals surface area contributed by atoms with E-state index in [0.717, 1.165) is 76.0 Å². The molecule has 4 N–H and O–H groups in total. The van der Waals surface area contributed by atoms with Crippen molar-refractivity contribution >= 4 is 83.9 Å². The van der Waals surface area contributed by atoms with Gasteiger partial charge in [0.1, 0.15) is 0 Å². The molecule has 5 heterocycles. The highest BCUT2D eigenvalue weighted by atomic mass is 79.9. The smallest absolute Gasteiger partial charge is 0.0888 e. The molecule has 0 unspecified atom stereocenters. The number of nitrogens with one attached hydrogen (secondary N) is 2. The predicted molar refractivity (Wildman–Crippen MR) is 170 cm³/mol. The molecule has 0 aliphatic carbocycles. The molecular weight excluding hydrogens is 614 g/mol. The van der Waals surface area contributed by atoms with Crippen LogP contribution in [0.1, 0.15) is 22.8 Å². The van der Waals surface area contributed by atoms with E-state index < -0.39 is 0 Å². The number of fused-ring (bicyclic) bond motifs is 8. The first-order valence-corrected chi connectivity index (χ1v) is 14.0. The molecule has 5 aromatic rings. The first-order chi connectivity index (χ1) is 19.0. The van der Waals surface area contributed by atoms with Gasteiger partial charge in [0, 0.05) is 36.6 Å². The molecule has 8 bridgehead atoms. The van der Waals surface area contributed by atoms with Crippen LogP contribution < -0.4 is 5.73 Å². The normalized spacial score (nSPS) is 12.3. The molecule has 0 amide bonds. The summed E-state index contributed by atoms with van der Waals surface area (Å²) in [4.78, 5) is 17.1. The van der Waals surface area contributed by atoms with Crippen molar-refractivity contribution in [2.75, 3.05) is 5.73 Å². The zero-order valence-electron chi connectivity index (χ0n) is 20.5. The lowest BCUT2D eigenvalue weighted by Crippen LogP contribution is -1.91. The Bertz CT molecular complexity index is 1940. The first kappa shape index (κ1) is 23.9. The molecule has 0 fully saturated rings. The molecule has 0 saturated carbocycles. The summed E-state index contributed by atoms with van der Waals surface area (Å²) in [6.07, 6.45) is 8.10. The van der Waals surface area contributed by atoms with Gasteiger partial charge in [-0.05, 0) is 90.0 Å². The number of nitrogens with two attached hydrogens (primary N) is 1. The van der Waals surface area contributed by atoms with E-state index in [4.69, 9.17) is 15.7 Å². The van der Waals surface area contributed by atoms with E-state index in [-0.39, 0.29) is 0 Å². The van der Waals surface area contributed by atoms with E-state index in [0.29, 0.717) is 5.69 Å². The van der Waals surface area contributed by atoms with Gasteiger partial charge >= 0.3 is 0 Å². The molecule has 7 rings (SSSR count). The van der Waals surface area contributed by atoms with Gasteiger partial charge in [-0.15, -0.1) is 0 Å². The standard InChI is InChI=1S/C32H21Br2N5/c33-20-5-1-18(2-6-20)30-24-11-9-22(36-24)17-23-10-12-25(37-23)31(19-3-7-21(34)8-4-19)27-14-16-29(39-27)32(35)28-15-13-26(30)38-28/h1-17,36,39H,35H2. The number of H-pyrrole nitrogens is 2. The second kappa shape index (κ2) is 9.52. The highest BCUT2D eigenvalue weighted by Gasteiger charge is 2.14. The summed E-state index contributed by atoms with van der Waals surface area (Å²) >= 11 is 7.10. The minimum Gasteiger partial charge on any atom is -0.395 e. The lowest BCUT2D eigenvalue weighted by molar-refractivity contribution is 1.31. The van der Waals surface area contributed by atoms with E-state index >= 15 is 0 Å². The minimum atomic E-state index is 0.585. The maximum atomic E-state index is 6.69. The van der Waals surface area contributed by atoms with Gasteiger partial charge in [0.15, 0.2) is 0 Å². The predicted octanol–water partition coefficient (Wildman–Crippen LogP) is 9.10. The van der Waals surface area contributed by atoms with Gasteiger partial charge in [-0.3, -0.25) is 0 Å². The number of aromatic amines is 2. The van der Waals surface area contributed by atoms with Crippen molar-refractivity contribution in [3.63, 3.8) is 0 Å². The number of hydrogen-bond acceptors (Lipinski definition) is 3. The SMILES string of the molecule is Nc1c2nc(c(-c3ccc(Br)cc3)c3ccc(cc4nc(c(-c5ccc(Br)cc5)c5ccc1[nH]5)C=C4)[nH]3)C=C2. The van der Waals surface area contributed by atoms with Gasteiger partial charge in [0.25, 0.3) is 0 Å². The van der Waals surface area contributed by atoms with Crippen LogP contribution in [0.2, 0.25) is 0 Å². The van der Waals surface area contributed by atoms with E-state index in [1.165, 1.54) is 0 Å². The maximum absolute atomic E-state index is 6.69. The lowest BCUT2D eigenvalue weighted by Gasteiger charge is -2.04. The molecule has 0 saturated heterocycles. The second-order valence-electron chi connectivity index (χ2n) is 9.41. The van der Waals surface area contributed by atoms with Crippen LogP contribution in [0, 0.1) is 0 Å². The summed E-state index contributed by atoms with van der Waals surface area (Å²) in [6, 6.07) is 26.8. The molecule has 188 valence electrons. The third kappa shape index (κ3) is 4.43. The second-order valence-corrected chi connectivity index (χ2v) is 11.2. The number of anilines is 1. The van der Waals surface area contributed by atoms with Gasteiger partial charge in [0.05, 0.1) is 34.0 Å². The van der Waals surface area contributed by atoms with Crippen molar-refractivity contribution in [2.45, 2.75) is 0 Å². The Hall–Kier alpha value is -4.20. The van der Waals surface area contributed by atoms with Gasteiger partial charge < -0.3 is 15.7 Å². The van der Waals surface area contributed by atoms with E-state index in [2.05, 4.69) is 96.4 Å². The third-order valence-corrected chi connectivity index (χ3v) is 7.94. The molecule has 0 spiro atoms. The van der Waals surface area contributed by atoms with Crippen molar-refractivity contribution in [2.24, 2.45) is 0 Å². The highest BCUT2D eigenvalue weighted by Crippen LogP contribution is 2.34. The third-order valence-electron chi connectivity index (χ3n) is 6.88. The molecule has 0 radical (unpaired) electrons. The zero-order valence-corrected chi connectivity index (χ0v) is 23.7. The number of benzene rings is 2. The molecule has 5 nitrogen and oxygen atoms in total.